The molecule has 0 N–H and O–H groups in total. The molecule has 0 saturated heterocycles. The monoisotopic (exact) mass is 269 g/mol. The maximum atomic E-state index is 11.9. The number of nitrogens with zero attached hydrogens (tertiary/aromatic N) is 1. The molecule has 0 bridgehead atoms. The van der Waals surface area contributed by atoms with E-state index in [2.05, 4.69) is 4.74 Å². The zero-order valence-corrected chi connectivity index (χ0v) is 11.2. The molecule has 0 aromatic carbocycles. The number of ether oxygens (including phenoxy) is 1. The first kappa shape index (κ1) is 17.2. The molecule has 0 saturated carbocycles. The lowest BCUT2D eigenvalue weighted by Gasteiger charge is -2.25. The summed E-state index contributed by atoms with van der Waals surface area (Å²) < 4.78 is 40.0. The Morgan fingerprint density at radius 1 is 1.22 bits per heavy atom. The van der Waals surface area contributed by atoms with E-state index < -0.39 is 19.4 Å². The molecule has 0 rings (SSSR count). The molecule has 108 valence electrons. The number of likely N-dealkylation sites (N-methyl/N-ethyl adjacent to an activating group) is 1. The minimum Gasteiger partial charge on any atom is -0.362 e. The van der Waals surface area contributed by atoms with Crippen molar-refractivity contribution in [1.82, 2.24) is 4.90 Å². The molecule has 3 nitrogen and oxygen atoms in total. The molecule has 0 spiro atoms. The van der Waals surface area contributed by atoms with Gasteiger partial charge in [-0.3, -0.25) is 4.79 Å². The third-order valence-electron chi connectivity index (χ3n) is 2.86. The molecule has 6 heteroatoms. The van der Waals surface area contributed by atoms with Gasteiger partial charge in [-0.2, -0.15) is 13.2 Å². The van der Waals surface area contributed by atoms with E-state index in [9.17, 15) is 18.0 Å². The normalized spacial score (nSPS) is 11.9. The van der Waals surface area contributed by atoms with Crippen molar-refractivity contribution in [3.63, 3.8) is 0 Å². The van der Waals surface area contributed by atoms with Gasteiger partial charge in [0.05, 0.1) is 0 Å². The van der Waals surface area contributed by atoms with E-state index >= 15 is 0 Å². The lowest BCUT2D eigenvalue weighted by atomic mass is 10.0. The first-order valence-corrected chi connectivity index (χ1v) is 6.26. The van der Waals surface area contributed by atoms with Crippen molar-refractivity contribution < 1.29 is 22.7 Å². The molecule has 18 heavy (non-hydrogen) atoms. The fraction of sp³-hybridized carbons (Fsp3) is 0.917. The molecule has 0 aliphatic carbocycles. The van der Waals surface area contributed by atoms with E-state index in [1.54, 1.807) is 4.90 Å². The predicted molar refractivity (Wildman–Crippen MR) is 63.2 cm³/mol. The summed E-state index contributed by atoms with van der Waals surface area (Å²) in [5, 5.41) is 0. The van der Waals surface area contributed by atoms with Crippen molar-refractivity contribution in [3.05, 3.63) is 0 Å². The average Bonchev–Trinajstić information content (AvgIpc) is 2.29. The third-order valence-corrected chi connectivity index (χ3v) is 2.86. The molecule has 0 aliphatic rings. The minimum atomic E-state index is -4.38. The number of hydrogen-bond acceptors (Lipinski definition) is 2. The van der Waals surface area contributed by atoms with Gasteiger partial charge < -0.3 is 9.64 Å². The SMILES string of the molecule is CCC(CC)CN(CC)C(=O)COCC(F)(F)F. The van der Waals surface area contributed by atoms with Crippen LogP contribution in [-0.2, 0) is 9.53 Å². The predicted octanol–water partition coefficient (Wildman–Crippen LogP) is 2.85. The van der Waals surface area contributed by atoms with Crippen LogP contribution in [0.25, 0.3) is 0 Å². The maximum Gasteiger partial charge on any atom is 0.411 e. The fourth-order valence-corrected chi connectivity index (χ4v) is 1.61. The smallest absolute Gasteiger partial charge is 0.362 e. The third kappa shape index (κ3) is 7.53. The second-order valence-electron chi connectivity index (χ2n) is 4.22. The Hall–Kier alpha value is -0.780. The van der Waals surface area contributed by atoms with Crippen LogP contribution in [-0.4, -0.2) is 43.3 Å². The lowest BCUT2D eigenvalue weighted by molar-refractivity contribution is -0.177. The number of hydrogen-bond donors (Lipinski definition) is 0. The largest absolute Gasteiger partial charge is 0.411 e. The fourth-order valence-electron chi connectivity index (χ4n) is 1.61. The van der Waals surface area contributed by atoms with Gasteiger partial charge in [0, 0.05) is 13.1 Å². The Bertz CT molecular complexity index is 240. The van der Waals surface area contributed by atoms with Gasteiger partial charge in [-0.25, -0.2) is 0 Å². The van der Waals surface area contributed by atoms with Crippen LogP contribution in [0, 0.1) is 5.92 Å². The topological polar surface area (TPSA) is 29.5 Å². The maximum absolute atomic E-state index is 11.9. The number of rotatable bonds is 8. The van der Waals surface area contributed by atoms with Gasteiger partial charge >= 0.3 is 6.18 Å². The van der Waals surface area contributed by atoms with Crippen molar-refractivity contribution in [3.8, 4) is 0 Å². The molecule has 1 amide bonds. The molecule has 0 aliphatic heterocycles. The van der Waals surface area contributed by atoms with Crippen molar-refractivity contribution in [2.45, 2.75) is 39.8 Å². The van der Waals surface area contributed by atoms with E-state index in [-0.39, 0.29) is 5.91 Å². The minimum absolute atomic E-state index is 0.381. The Kier molecular flexibility index (Phi) is 7.98. The highest BCUT2D eigenvalue weighted by molar-refractivity contribution is 5.77. The lowest BCUT2D eigenvalue weighted by Crippen LogP contribution is -2.38. The summed E-state index contributed by atoms with van der Waals surface area (Å²) in [5.41, 5.74) is 0. The second-order valence-corrected chi connectivity index (χ2v) is 4.22. The summed E-state index contributed by atoms with van der Waals surface area (Å²) in [6, 6.07) is 0. The van der Waals surface area contributed by atoms with Crippen LogP contribution in [0.3, 0.4) is 0 Å². The quantitative estimate of drug-likeness (QED) is 0.678. The molecule has 0 fully saturated rings. The zero-order chi connectivity index (χ0) is 14.2. The summed E-state index contributed by atoms with van der Waals surface area (Å²) in [6.07, 6.45) is -2.49. The average molecular weight is 269 g/mol. The van der Waals surface area contributed by atoms with Crippen LogP contribution in [0.15, 0.2) is 0 Å². The van der Waals surface area contributed by atoms with Crippen LogP contribution in [0.5, 0.6) is 0 Å². The van der Waals surface area contributed by atoms with Crippen molar-refractivity contribution >= 4 is 5.91 Å². The van der Waals surface area contributed by atoms with Crippen molar-refractivity contribution in [1.29, 1.82) is 0 Å². The van der Waals surface area contributed by atoms with Crippen LogP contribution in [0.2, 0.25) is 0 Å². The molecular weight excluding hydrogens is 247 g/mol. The molecule has 0 unspecified atom stereocenters. The molecular formula is C12H22F3NO2. The van der Waals surface area contributed by atoms with Gasteiger partial charge in [0.1, 0.15) is 13.2 Å². The van der Waals surface area contributed by atoms with Crippen molar-refractivity contribution in [2.24, 2.45) is 5.92 Å². The molecule has 0 aromatic rings. The van der Waals surface area contributed by atoms with E-state index in [1.165, 1.54) is 0 Å². The molecule has 0 radical (unpaired) electrons. The van der Waals surface area contributed by atoms with Crippen LogP contribution >= 0.6 is 0 Å². The van der Waals surface area contributed by atoms with Crippen molar-refractivity contribution in [2.75, 3.05) is 26.3 Å². The number of carbonyl (C=O) groups is 1. The van der Waals surface area contributed by atoms with Gasteiger partial charge in [-0.05, 0) is 12.8 Å². The van der Waals surface area contributed by atoms with E-state index in [4.69, 9.17) is 0 Å². The summed E-state index contributed by atoms with van der Waals surface area (Å²) in [6.45, 7) is 5.07. The van der Waals surface area contributed by atoms with Gasteiger partial charge in [0.25, 0.3) is 0 Å². The summed E-state index contributed by atoms with van der Waals surface area (Å²) in [5.74, 6) is 0.00478. The van der Waals surface area contributed by atoms with Crippen LogP contribution < -0.4 is 0 Å². The van der Waals surface area contributed by atoms with Crippen LogP contribution in [0.1, 0.15) is 33.6 Å². The number of alkyl halides is 3. The van der Waals surface area contributed by atoms with E-state index in [0.29, 0.717) is 19.0 Å². The summed E-state index contributed by atoms with van der Waals surface area (Å²) >= 11 is 0. The summed E-state index contributed by atoms with van der Waals surface area (Å²) in [4.78, 5) is 13.2. The molecule has 0 aromatic heterocycles. The molecule has 0 heterocycles. The van der Waals surface area contributed by atoms with Gasteiger partial charge in [-0.1, -0.05) is 26.7 Å². The van der Waals surface area contributed by atoms with Gasteiger partial charge in [0.15, 0.2) is 0 Å². The van der Waals surface area contributed by atoms with Gasteiger partial charge in [-0.15, -0.1) is 0 Å². The number of halogens is 3. The highest BCUT2D eigenvalue weighted by Crippen LogP contribution is 2.14. The van der Waals surface area contributed by atoms with E-state index in [0.717, 1.165) is 12.8 Å². The van der Waals surface area contributed by atoms with E-state index in [1.807, 2.05) is 20.8 Å². The Labute approximate surface area is 106 Å². The number of amides is 1. The van der Waals surface area contributed by atoms with Crippen LogP contribution in [0.4, 0.5) is 13.2 Å². The first-order chi connectivity index (χ1) is 8.34. The van der Waals surface area contributed by atoms with Gasteiger partial charge in [0.2, 0.25) is 5.91 Å². The number of carbonyl (C=O) groups excluding carboxylic acids is 1. The highest BCUT2D eigenvalue weighted by atomic mass is 19.4. The first-order valence-electron chi connectivity index (χ1n) is 6.26. The summed E-state index contributed by atoms with van der Waals surface area (Å²) in [7, 11) is 0. The highest BCUT2D eigenvalue weighted by Gasteiger charge is 2.28. The standard InChI is InChI=1S/C12H22F3NO2/c1-4-10(5-2)7-16(6-3)11(17)8-18-9-12(13,14)15/h10H,4-9H2,1-3H3. The zero-order valence-electron chi connectivity index (χ0n) is 11.2. The second kappa shape index (κ2) is 8.34. The Morgan fingerprint density at radius 2 is 1.78 bits per heavy atom. The Balaban J connectivity index is 4.11. The molecule has 0 atom stereocenters. The Morgan fingerprint density at radius 3 is 2.17 bits per heavy atom.